The van der Waals surface area contributed by atoms with E-state index in [1.807, 2.05) is 86.3 Å². The zero-order valence-corrected chi connectivity index (χ0v) is 38.8. The molecule has 6 saturated carbocycles. The number of esters is 2. The number of hydrogen-bond acceptors (Lipinski definition) is 9. The summed E-state index contributed by atoms with van der Waals surface area (Å²) in [7, 11) is 0. The van der Waals surface area contributed by atoms with Gasteiger partial charge in [0.1, 0.15) is 18.8 Å². The van der Waals surface area contributed by atoms with Gasteiger partial charge in [-0.15, -0.1) is 0 Å². The zero-order chi connectivity index (χ0) is 43.7. The number of nitrogens with one attached hydrogen (secondary N) is 1. The maximum atomic E-state index is 12.7. The Labute approximate surface area is 377 Å². The average molecular weight is 865 g/mol. The lowest BCUT2D eigenvalue weighted by Crippen LogP contribution is -2.77. The van der Waals surface area contributed by atoms with Crippen molar-refractivity contribution in [1.29, 1.82) is 0 Å². The third-order valence-corrected chi connectivity index (χ3v) is 16.9. The number of benzene rings is 2. The highest BCUT2D eigenvalue weighted by Crippen LogP contribution is 2.71. The highest BCUT2D eigenvalue weighted by Gasteiger charge is 2.75. The topological polar surface area (TPSA) is 101 Å². The van der Waals surface area contributed by atoms with E-state index in [1.54, 1.807) is 0 Å². The summed E-state index contributed by atoms with van der Waals surface area (Å²) in [5.74, 6) is 3.45. The maximum absolute atomic E-state index is 12.7. The number of rotatable bonds is 12. The molecular weight excluding hydrogens is 789 g/mol. The minimum atomic E-state index is -0.426. The largest absolute Gasteiger partial charge is 0.460 e. The van der Waals surface area contributed by atoms with Crippen molar-refractivity contribution in [3.05, 3.63) is 71.8 Å². The van der Waals surface area contributed by atoms with Gasteiger partial charge in [-0.25, -0.2) is 4.79 Å². The van der Waals surface area contributed by atoms with E-state index in [0.29, 0.717) is 18.8 Å². The number of carbonyl (C=O) groups excluding carboxylic acids is 3. The molecule has 0 aromatic heterocycles. The van der Waals surface area contributed by atoms with Crippen molar-refractivity contribution in [3.8, 4) is 0 Å². The third kappa shape index (κ3) is 9.89. The standard InChI is InChI=1S/C29H42N2O4.C24H34N2O2/c1-27(2,3)35-26(33)30-13-9-22(10-14-30)17-23-11-15-31(16-12-23)29-19-28(20-29,21-29)25(32)34-18-24-7-5-4-6-8-24;27-22(28-15-21-4-2-1-3-5-21)23-16-24(17-23,18-23)26-12-8-20(9-13-26)14-19-6-10-25-11-7-19/h4-8,22-23H,9-21H2,1-3H3;1-5,19-20,25H,6-18H2. The zero-order valence-electron chi connectivity index (χ0n) is 38.8. The number of nitrogens with zero attached hydrogens (tertiary/aromatic N) is 3. The van der Waals surface area contributed by atoms with Crippen molar-refractivity contribution < 1.29 is 28.6 Å². The molecule has 10 fully saturated rings. The van der Waals surface area contributed by atoms with Gasteiger partial charge in [0.05, 0.1) is 10.8 Å². The van der Waals surface area contributed by atoms with Gasteiger partial charge < -0.3 is 24.4 Å². The second-order valence-electron chi connectivity index (χ2n) is 22.6. The van der Waals surface area contributed by atoms with Crippen LogP contribution in [0.15, 0.2) is 60.7 Å². The SMILES string of the molecule is CC(C)(C)OC(=O)N1CCC(CC2CCN(C34CC(C(=O)OCc5ccccc5)(C3)C4)CC2)CC1.O=C(OCc1ccccc1)C12CC(N3CCC(CC4CCNCC4)CC3)(C1)C2. The number of ether oxygens (including phenoxy) is 3. The Bertz CT molecular complexity index is 1830. The van der Waals surface area contributed by atoms with Crippen molar-refractivity contribution in [1.82, 2.24) is 20.0 Å². The summed E-state index contributed by atoms with van der Waals surface area (Å²) in [6, 6.07) is 20.0. The van der Waals surface area contributed by atoms with Crippen molar-refractivity contribution in [2.45, 2.75) is 153 Å². The lowest BCUT2D eigenvalue weighted by molar-refractivity contribution is -0.240. The lowest BCUT2D eigenvalue weighted by atomic mass is 9.38. The van der Waals surface area contributed by atoms with E-state index in [1.165, 1.54) is 77.5 Å². The van der Waals surface area contributed by atoms with Gasteiger partial charge in [-0.05, 0) is 198 Å². The molecule has 4 bridgehead atoms. The molecule has 6 aliphatic carbocycles. The summed E-state index contributed by atoms with van der Waals surface area (Å²) < 4.78 is 16.8. The van der Waals surface area contributed by atoms with Gasteiger partial charge in [0.2, 0.25) is 0 Å². The fraction of sp³-hybridized carbons (Fsp3) is 0.717. The van der Waals surface area contributed by atoms with Gasteiger partial charge in [-0.1, -0.05) is 60.7 Å². The van der Waals surface area contributed by atoms with Crippen LogP contribution in [0, 0.1) is 34.5 Å². The number of carbonyl (C=O) groups is 3. The number of likely N-dealkylation sites (tertiary alicyclic amines) is 3. The second-order valence-corrected chi connectivity index (χ2v) is 22.6. The smallest absolute Gasteiger partial charge is 0.410 e. The van der Waals surface area contributed by atoms with Crippen molar-refractivity contribution in [2.24, 2.45) is 34.5 Å². The molecule has 12 rings (SSSR count). The maximum Gasteiger partial charge on any atom is 0.410 e. The molecule has 2 aromatic carbocycles. The molecule has 10 aliphatic rings. The third-order valence-electron chi connectivity index (χ3n) is 16.9. The summed E-state index contributed by atoms with van der Waals surface area (Å²) in [6.45, 7) is 15.5. The summed E-state index contributed by atoms with van der Waals surface area (Å²) in [5.41, 5.74) is 1.97. The van der Waals surface area contributed by atoms with Gasteiger partial charge in [0, 0.05) is 24.2 Å². The molecule has 10 heteroatoms. The first-order chi connectivity index (χ1) is 30.3. The van der Waals surface area contributed by atoms with Gasteiger partial charge >= 0.3 is 18.0 Å². The Hall–Kier alpha value is -3.47. The molecule has 0 atom stereocenters. The first kappa shape index (κ1) is 44.7. The minimum absolute atomic E-state index is 0.0100. The van der Waals surface area contributed by atoms with Crippen molar-refractivity contribution in [3.63, 3.8) is 0 Å². The van der Waals surface area contributed by atoms with Crippen molar-refractivity contribution in [2.75, 3.05) is 52.4 Å². The van der Waals surface area contributed by atoms with Crippen LogP contribution >= 0.6 is 0 Å². The summed E-state index contributed by atoms with van der Waals surface area (Å²) >= 11 is 0. The Morgan fingerprint density at radius 1 is 0.556 bits per heavy atom. The molecule has 4 aliphatic heterocycles. The van der Waals surface area contributed by atoms with Crippen LogP contribution in [-0.4, -0.2) is 102 Å². The normalized spacial score (nSPS) is 31.5. The van der Waals surface area contributed by atoms with Crippen LogP contribution in [-0.2, 0) is 37.0 Å². The second kappa shape index (κ2) is 18.4. The molecule has 10 nitrogen and oxygen atoms in total. The molecule has 1 N–H and O–H groups in total. The van der Waals surface area contributed by atoms with Crippen LogP contribution in [0.25, 0.3) is 0 Å². The van der Waals surface area contributed by atoms with E-state index in [9.17, 15) is 14.4 Å². The monoisotopic (exact) mass is 865 g/mol. The predicted molar refractivity (Wildman–Crippen MR) is 244 cm³/mol. The minimum Gasteiger partial charge on any atom is -0.460 e. The molecule has 1 amide bonds. The fourth-order valence-corrected chi connectivity index (χ4v) is 13.3. The van der Waals surface area contributed by atoms with Crippen LogP contribution in [0.1, 0.15) is 135 Å². The molecular formula is C53H76N4O6. The molecule has 63 heavy (non-hydrogen) atoms. The molecule has 0 spiro atoms. The first-order valence-corrected chi connectivity index (χ1v) is 25.0. The van der Waals surface area contributed by atoms with Crippen LogP contribution in [0.2, 0.25) is 0 Å². The number of hydrogen-bond donors (Lipinski definition) is 1. The van der Waals surface area contributed by atoms with Crippen molar-refractivity contribution >= 4 is 18.0 Å². The fourth-order valence-electron chi connectivity index (χ4n) is 13.3. The Balaban J connectivity index is 0.000000164. The Morgan fingerprint density at radius 2 is 0.921 bits per heavy atom. The molecule has 2 aromatic rings. The van der Waals surface area contributed by atoms with Crippen LogP contribution < -0.4 is 5.32 Å². The summed E-state index contributed by atoms with van der Waals surface area (Å²) in [6.07, 6.45) is 18.8. The average Bonchev–Trinajstić information content (AvgIpc) is 3.22. The van der Waals surface area contributed by atoms with E-state index >= 15 is 0 Å². The van der Waals surface area contributed by atoms with E-state index in [4.69, 9.17) is 14.2 Å². The quantitative estimate of drug-likeness (QED) is 0.166. The Kier molecular flexibility index (Phi) is 13.1. The number of piperidine rings is 4. The van der Waals surface area contributed by atoms with E-state index in [0.717, 1.165) is 112 Å². The van der Waals surface area contributed by atoms with Gasteiger partial charge in [-0.3, -0.25) is 19.4 Å². The molecule has 4 heterocycles. The van der Waals surface area contributed by atoms with Crippen LogP contribution in [0.3, 0.4) is 0 Å². The van der Waals surface area contributed by atoms with Crippen LogP contribution in [0.5, 0.6) is 0 Å². The van der Waals surface area contributed by atoms with Gasteiger partial charge in [-0.2, -0.15) is 0 Å². The predicted octanol–water partition coefficient (Wildman–Crippen LogP) is 9.16. The lowest BCUT2D eigenvalue weighted by Gasteiger charge is -2.72. The summed E-state index contributed by atoms with van der Waals surface area (Å²) in [5, 5.41) is 3.48. The van der Waals surface area contributed by atoms with Crippen LogP contribution in [0.4, 0.5) is 4.79 Å². The van der Waals surface area contributed by atoms with E-state index < -0.39 is 5.60 Å². The van der Waals surface area contributed by atoms with Gasteiger partial charge in [0.25, 0.3) is 0 Å². The molecule has 0 radical (unpaired) electrons. The molecule has 4 saturated heterocycles. The van der Waals surface area contributed by atoms with E-state index in [2.05, 4.69) is 15.1 Å². The first-order valence-electron chi connectivity index (χ1n) is 25.0. The molecule has 0 unspecified atom stereocenters. The highest BCUT2D eigenvalue weighted by molar-refractivity contribution is 5.82. The highest BCUT2D eigenvalue weighted by atomic mass is 16.6. The van der Waals surface area contributed by atoms with E-state index in [-0.39, 0.29) is 34.4 Å². The summed E-state index contributed by atoms with van der Waals surface area (Å²) in [4.78, 5) is 44.9. The number of amides is 1. The van der Waals surface area contributed by atoms with Gasteiger partial charge in [0.15, 0.2) is 0 Å². The molecule has 344 valence electrons. The Morgan fingerprint density at radius 3 is 1.30 bits per heavy atom.